The van der Waals surface area contributed by atoms with Gasteiger partial charge in [-0.15, -0.1) is 29.9 Å². The lowest BCUT2D eigenvalue weighted by atomic mass is 9.97. The van der Waals surface area contributed by atoms with Gasteiger partial charge in [0.2, 0.25) is 5.91 Å². The molecule has 1 aromatic carbocycles. The lowest BCUT2D eigenvalue weighted by Gasteiger charge is -2.09. The van der Waals surface area contributed by atoms with Crippen molar-refractivity contribution in [1.82, 2.24) is 35.7 Å². The third-order valence-electron chi connectivity index (χ3n) is 5.15. The number of nitrogens with zero attached hydrogens (tertiary/aromatic N) is 5. The summed E-state index contributed by atoms with van der Waals surface area (Å²) < 4.78 is 1.56. The van der Waals surface area contributed by atoms with E-state index in [2.05, 4.69) is 48.5 Å². The molecule has 0 spiro atoms. The Balaban J connectivity index is 0.00000160. The van der Waals surface area contributed by atoms with Gasteiger partial charge in [0, 0.05) is 0 Å². The zero-order chi connectivity index (χ0) is 19.5. The van der Waals surface area contributed by atoms with Gasteiger partial charge in [-0.25, -0.2) is 0 Å². The number of carbonyl (C=O) groups excluding carboxylic acids is 1. The highest BCUT2D eigenvalue weighted by Crippen LogP contribution is 2.21. The van der Waals surface area contributed by atoms with Crippen LogP contribution in [-0.2, 0) is 17.6 Å². The number of tetrazole rings is 1. The predicted octanol–water partition coefficient (Wildman–Crippen LogP) is 2.18. The van der Waals surface area contributed by atoms with Gasteiger partial charge in [-0.2, -0.15) is 15.0 Å². The quantitative estimate of drug-likeness (QED) is 0.527. The van der Waals surface area contributed by atoms with E-state index >= 15 is 0 Å². The van der Waals surface area contributed by atoms with Gasteiger partial charge in [0.05, 0.1) is 23.5 Å². The van der Waals surface area contributed by atoms with E-state index in [1.54, 1.807) is 4.68 Å². The first-order valence-corrected chi connectivity index (χ1v) is 9.48. The van der Waals surface area contributed by atoms with Gasteiger partial charge >= 0.3 is 0 Å². The molecular formula is C19H26Cl2N8O. The molecule has 0 radical (unpaired) electrons. The Labute approximate surface area is 187 Å². The number of halogens is 2. The van der Waals surface area contributed by atoms with Crippen molar-refractivity contribution in [2.24, 2.45) is 5.92 Å². The van der Waals surface area contributed by atoms with Gasteiger partial charge in [-0.3, -0.25) is 4.79 Å². The molecule has 11 heteroatoms. The summed E-state index contributed by atoms with van der Waals surface area (Å²) >= 11 is 0. The van der Waals surface area contributed by atoms with Crippen molar-refractivity contribution in [3.8, 4) is 5.95 Å². The number of benzene rings is 1. The minimum Gasteiger partial charge on any atom is -0.323 e. The highest BCUT2D eigenvalue weighted by Gasteiger charge is 2.18. The summed E-state index contributed by atoms with van der Waals surface area (Å²) in [6, 6.07) is 8.34. The van der Waals surface area contributed by atoms with Crippen molar-refractivity contribution in [3.63, 3.8) is 0 Å². The summed E-state index contributed by atoms with van der Waals surface area (Å²) in [6.07, 6.45) is 2.64. The third-order valence-corrected chi connectivity index (χ3v) is 5.15. The number of carbonyl (C=O) groups is 1. The van der Waals surface area contributed by atoms with Gasteiger partial charge in [-0.1, -0.05) is 29.4 Å². The van der Waals surface area contributed by atoms with E-state index in [9.17, 15) is 4.79 Å². The second-order valence-electron chi connectivity index (χ2n) is 7.27. The number of H-pyrrole nitrogens is 1. The fourth-order valence-corrected chi connectivity index (χ4v) is 3.65. The van der Waals surface area contributed by atoms with E-state index in [1.807, 2.05) is 26.0 Å². The number of anilines is 1. The Morgan fingerprint density at radius 3 is 2.57 bits per heavy atom. The predicted molar refractivity (Wildman–Crippen MR) is 119 cm³/mol. The molecule has 1 amide bonds. The molecule has 1 unspecified atom stereocenters. The monoisotopic (exact) mass is 452 g/mol. The van der Waals surface area contributed by atoms with Crippen LogP contribution in [0, 0.1) is 19.8 Å². The Morgan fingerprint density at radius 2 is 1.93 bits per heavy atom. The van der Waals surface area contributed by atoms with Gasteiger partial charge in [0.25, 0.3) is 5.95 Å². The number of hydrogen-bond acceptors (Lipinski definition) is 6. The van der Waals surface area contributed by atoms with Crippen molar-refractivity contribution < 1.29 is 4.79 Å². The molecule has 3 heterocycles. The van der Waals surface area contributed by atoms with E-state index in [0.29, 0.717) is 23.8 Å². The minimum absolute atomic E-state index is 0. The number of aryl methyl sites for hydroxylation is 1. The number of aromatic nitrogens is 6. The first-order chi connectivity index (χ1) is 13.6. The van der Waals surface area contributed by atoms with Crippen LogP contribution in [0.1, 0.15) is 28.9 Å². The van der Waals surface area contributed by atoms with Crippen LogP contribution in [0.25, 0.3) is 5.95 Å². The van der Waals surface area contributed by atoms with Crippen molar-refractivity contribution in [2.45, 2.75) is 33.1 Å². The normalized spacial score (nSPS) is 15.3. The molecule has 1 aliphatic rings. The topological polar surface area (TPSA) is 113 Å². The first-order valence-electron chi connectivity index (χ1n) is 9.48. The lowest BCUT2D eigenvalue weighted by molar-refractivity contribution is -0.115. The summed E-state index contributed by atoms with van der Waals surface area (Å²) in [6.45, 7) is 5.91. The molecule has 2 aromatic heterocycles. The van der Waals surface area contributed by atoms with Gasteiger partial charge < -0.3 is 10.6 Å². The van der Waals surface area contributed by atoms with Gasteiger partial charge in [-0.05, 0) is 62.0 Å². The second kappa shape index (κ2) is 10.5. The average molecular weight is 453 g/mol. The van der Waals surface area contributed by atoms with Crippen LogP contribution in [0.2, 0.25) is 0 Å². The highest BCUT2D eigenvalue weighted by molar-refractivity contribution is 5.93. The number of amides is 1. The van der Waals surface area contributed by atoms with Crippen molar-refractivity contribution >= 4 is 36.4 Å². The number of nitrogens with one attached hydrogen (secondary N) is 3. The van der Waals surface area contributed by atoms with E-state index in [-0.39, 0.29) is 30.7 Å². The third kappa shape index (κ3) is 5.35. The fourth-order valence-electron chi connectivity index (χ4n) is 3.65. The van der Waals surface area contributed by atoms with Crippen LogP contribution in [0.4, 0.5) is 5.69 Å². The molecule has 0 bridgehead atoms. The molecule has 1 fully saturated rings. The molecule has 3 aromatic rings. The van der Waals surface area contributed by atoms with Crippen molar-refractivity contribution in [1.29, 1.82) is 0 Å². The summed E-state index contributed by atoms with van der Waals surface area (Å²) in [5.74, 6) is 0.983. The Bertz CT molecular complexity index is 950. The molecule has 0 saturated carbocycles. The molecule has 30 heavy (non-hydrogen) atoms. The maximum Gasteiger partial charge on any atom is 0.290 e. The summed E-state index contributed by atoms with van der Waals surface area (Å²) in [5.41, 5.74) is 4.46. The van der Waals surface area contributed by atoms with Crippen LogP contribution >= 0.6 is 24.8 Å². The molecule has 1 atom stereocenters. The smallest absolute Gasteiger partial charge is 0.290 e. The molecule has 9 nitrogen and oxygen atoms in total. The van der Waals surface area contributed by atoms with Crippen LogP contribution in [-0.4, -0.2) is 49.4 Å². The highest BCUT2D eigenvalue weighted by atomic mass is 35.5. The first kappa shape index (κ1) is 23.8. The second-order valence-corrected chi connectivity index (χ2v) is 7.27. The van der Waals surface area contributed by atoms with Crippen LogP contribution in [0.3, 0.4) is 0 Å². The van der Waals surface area contributed by atoms with Crippen molar-refractivity contribution in [2.75, 3.05) is 18.4 Å². The SMILES string of the molecule is Cc1nn(-c2nn[nH]n2)c(C)c1NC(=O)Cc1ccc(CC2CCNC2)cc1.Cl.Cl. The van der Waals surface area contributed by atoms with Crippen LogP contribution in [0.15, 0.2) is 24.3 Å². The molecule has 162 valence electrons. The Morgan fingerprint density at radius 1 is 1.20 bits per heavy atom. The largest absolute Gasteiger partial charge is 0.323 e. The molecule has 4 rings (SSSR count). The summed E-state index contributed by atoms with van der Waals surface area (Å²) in [4.78, 5) is 12.5. The van der Waals surface area contributed by atoms with E-state index in [0.717, 1.165) is 36.7 Å². The van der Waals surface area contributed by atoms with Crippen LogP contribution < -0.4 is 10.6 Å². The lowest BCUT2D eigenvalue weighted by Crippen LogP contribution is -2.15. The molecule has 1 saturated heterocycles. The molecule has 0 aliphatic carbocycles. The van der Waals surface area contributed by atoms with Crippen molar-refractivity contribution in [3.05, 3.63) is 46.8 Å². The number of aromatic amines is 1. The molecular weight excluding hydrogens is 427 g/mol. The zero-order valence-corrected chi connectivity index (χ0v) is 18.5. The minimum atomic E-state index is -0.0772. The van der Waals surface area contributed by atoms with Gasteiger partial charge in [0.1, 0.15) is 0 Å². The maximum absolute atomic E-state index is 12.5. The number of hydrogen-bond donors (Lipinski definition) is 3. The Kier molecular flexibility index (Phi) is 8.33. The zero-order valence-electron chi connectivity index (χ0n) is 16.9. The fraction of sp³-hybridized carbons (Fsp3) is 0.421. The Hall–Kier alpha value is -2.49. The van der Waals surface area contributed by atoms with E-state index in [1.165, 1.54) is 12.0 Å². The summed E-state index contributed by atoms with van der Waals surface area (Å²) in [7, 11) is 0. The standard InChI is InChI=1S/C19H24N8O.2ClH/c1-12-18(13(2)27(24-12)19-22-25-26-23-19)21-17(28)10-15-5-3-14(4-6-15)9-16-7-8-20-11-16;;/h3-6,16,20H,7-11H2,1-2H3,(H,21,28)(H,22,23,25,26);2*1H. The molecule has 3 N–H and O–H groups in total. The molecule has 1 aliphatic heterocycles. The van der Waals surface area contributed by atoms with Gasteiger partial charge in [0.15, 0.2) is 0 Å². The average Bonchev–Trinajstić information content (AvgIpc) is 3.43. The maximum atomic E-state index is 12.5. The van der Waals surface area contributed by atoms with Crippen LogP contribution in [0.5, 0.6) is 0 Å². The summed E-state index contributed by atoms with van der Waals surface area (Å²) in [5, 5.41) is 24.6. The van der Waals surface area contributed by atoms with E-state index in [4.69, 9.17) is 0 Å². The van der Waals surface area contributed by atoms with E-state index < -0.39 is 0 Å². The number of rotatable bonds is 6.